The lowest BCUT2D eigenvalue weighted by Crippen LogP contribution is -2.21. The molecular weight excluding hydrogens is 262 g/mol. The van der Waals surface area contributed by atoms with Gasteiger partial charge in [-0.3, -0.25) is 0 Å². The van der Waals surface area contributed by atoms with Crippen molar-refractivity contribution < 1.29 is 0 Å². The lowest BCUT2D eigenvalue weighted by Gasteiger charge is -2.21. The van der Waals surface area contributed by atoms with Gasteiger partial charge in [0, 0.05) is 16.1 Å². The molecule has 0 fully saturated rings. The molecule has 2 rings (SSSR count). The predicted molar refractivity (Wildman–Crippen MR) is 91.8 cm³/mol. The first kappa shape index (κ1) is 15.5. The lowest BCUT2D eigenvalue weighted by atomic mass is 9.84. The van der Waals surface area contributed by atoms with Gasteiger partial charge in [-0.05, 0) is 41.8 Å². The Bertz CT molecular complexity index is 587. The van der Waals surface area contributed by atoms with Gasteiger partial charge in [-0.25, -0.2) is 0 Å². The van der Waals surface area contributed by atoms with Crippen LogP contribution in [0, 0.1) is 12.8 Å². The molecule has 2 aromatic rings. The molecule has 1 heterocycles. The molecule has 1 aromatic carbocycles. The molecule has 0 saturated carbocycles. The minimum atomic E-state index is 0.195. The van der Waals surface area contributed by atoms with Crippen molar-refractivity contribution in [3.63, 3.8) is 0 Å². The summed E-state index contributed by atoms with van der Waals surface area (Å²) in [5.74, 6) is 0.699. The van der Waals surface area contributed by atoms with Crippen LogP contribution in [0.1, 0.15) is 50.6 Å². The molecule has 0 radical (unpaired) electrons. The normalized spacial score (nSPS) is 12.6. The highest BCUT2D eigenvalue weighted by atomic mass is 32.1. The number of benzene rings is 1. The van der Waals surface area contributed by atoms with E-state index in [-0.39, 0.29) is 5.41 Å². The molecule has 2 heteroatoms. The molecule has 20 heavy (non-hydrogen) atoms. The molecule has 1 aromatic heterocycles. The van der Waals surface area contributed by atoms with E-state index >= 15 is 0 Å². The van der Waals surface area contributed by atoms with Crippen molar-refractivity contribution in [3.05, 3.63) is 34.2 Å². The number of thiophene rings is 1. The summed E-state index contributed by atoms with van der Waals surface area (Å²) in [5, 5.41) is 5.05. The van der Waals surface area contributed by atoms with Gasteiger partial charge in [0.1, 0.15) is 0 Å². The topological polar surface area (TPSA) is 12.0 Å². The van der Waals surface area contributed by atoms with Crippen molar-refractivity contribution in [1.29, 1.82) is 0 Å². The van der Waals surface area contributed by atoms with E-state index in [1.54, 1.807) is 0 Å². The molecule has 0 aliphatic carbocycles. The molecule has 1 N–H and O–H groups in total. The van der Waals surface area contributed by atoms with Crippen molar-refractivity contribution in [3.8, 4) is 0 Å². The van der Waals surface area contributed by atoms with E-state index in [0.29, 0.717) is 5.92 Å². The Balaban J connectivity index is 2.42. The Morgan fingerprint density at radius 3 is 2.50 bits per heavy atom. The third-order valence-electron chi connectivity index (χ3n) is 3.50. The maximum atomic E-state index is 3.60. The summed E-state index contributed by atoms with van der Waals surface area (Å²) in [6, 6.07) is 6.84. The average molecular weight is 289 g/mol. The maximum absolute atomic E-state index is 3.60. The van der Waals surface area contributed by atoms with Gasteiger partial charge in [0.2, 0.25) is 0 Å². The summed E-state index contributed by atoms with van der Waals surface area (Å²) in [6.45, 7) is 15.7. The van der Waals surface area contributed by atoms with E-state index in [1.807, 2.05) is 11.3 Å². The third kappa shape index (κ3) is 3.42. The number of nitrogens with one attached hydrogen (secondary N) is 1. The predicted octanol–water partition coefficient (Wildman–Crippen LogP) is 5.25. The molecular formula is C18H27NS. The first-order valence-corrected chi connectivity index (χ1v) is 8.34. The van der Waals surface area contributed by atoms with Gasteiger partial charge in [-0.2, -0.15) is 0 Å². The summed E-state index contributed by atoms with van der Waals surface area (Å²) in [4.78, 5) is 1.50. The van der Waals surface area contributed by atoms with E-state index in [4.69, 9.17) is 0 Å². The van der Waals surface area contributed by atoms with Crippen molar-refractivity contribution >= 4 is 21.4 Å². The number of fused-ring (bicyclic) bond motifs is 1. The average Bonchev–Trinajstić information content (AvgIpc) is 2.65. The molecule has 110 valence electrons. The van der Waals surface area contributed by atoms with Crippen LogP contribution in [0.25, 0.3) is 10.1 Å². The third-order valence-corrected chi connectivity index (χ3v) is 4.68. The second-order valence-electron chi connectivity index (χ2n) is 7.17. The molecule has 0 atom stereocenters. The van der Waals surface area contributed by atoms with Crippen LogP contribution in [0.3, 0.4) is 0 Å². The molecule has 0 spiro atoms. The fourth-order valence-corrected chi connectivity index (χ4v) is 4.05. The van der Waals surface area contributed by atoms with Gasteiger partial charge >= 0.3 is 0 Å². The van der Waals surface area contributed by atoms with Crippen LogP contribution in [0.4, 0.5) is 0 Å². The summed E-state index contributed by atoms with van der Waals surface area (Å²) >= 11 is 1.95. The molecule has 0 aliphatic rings. The standard InChI is InChI=1S/C18H27NS/c1-12(2)10-19-11-16-17(18(4,5)6)14-9-13(3)7-8-15(14)20-16/h7-9,12,19H,10-11H2,1-6H3. The zero-order chi connectivity index (χ0) is 14.9. The van der Waals surface area contributed by atoms with Gasteiger partial charge in [0.15, 0.2) is 0 Å². The second-order valence-corrected chi connectivity index (χ2v) is 8.31. The van der Waals surface area contributed by atoms with Crippen LogP contribution in [-0.4, -0.2) is 6.54 Å². The van der Waals surface area contributed by atoms with E-state index in [2.05, 4.69) is 65.1 Å². The van der Waals surface area contributed by atoms with Crippen LogP contribution in [-0.2, 0) is 12.0 Å². The van der Waals surface area contributed by atoms with E-state index in [1.165, 1.54) is 26.1 Å². The van der Waals surface area contributed by atoms with Crippen molar-refractivity contribution in [2.45, 2.75) is 53.5 Å². The molecule has 0 bridgehead atoms. The zero-order valence-electron chi connectivity index (χ0n) is 13.6. The lowest BCUT2D eigenvalue weighted by molar-refractivity contribution is 0.543. The highest BCUT2D eigenvalue weighted by Gasteiger charge is 2.23. The number of aryl methyl sites for hydroxylation is 1. The van der Waals surface area contributed by atoms with E-state index in [9.17, 15) is 0 Å². The van der Waals surface area contributed by atoms with Gasteiger partial charge in [-0.1, -0.05) is 52.3 Å². The van der Waals surface area contributed by atoms with E-state index < -0.39 is 0 Å². The van der Waals surface area contributed by atoms with Crippen LogP contribution in [0.2, 0.25) is 0 Å². The molecule has 0 amide bonds. The monoisotopic (exact) mass is 289 g/mol. The Hall–Kier alpha value is -0.860. The highest BCUT2D eigenvalue weighted by Crippen LogP contribution is 2.39. The largest absolute Gasteiger partial charge is 0.312 e. The van der Waals surface area contributed by atoms with Gasteiger partial charge in [0.25, 0.3) is 0 Å². The van der Waals surface area contributed by atoms with E-state index in [0.717, 1.165) is 13.1 Å². The van der Waals surface area contributed by atoms with Crippen LogP contribution < -0.4 is 5.32 Å². The van der Waals surface area contributed by atoms with Crippen LogP contribution in [0.15, 0.2) is 18.2 Å². The second kappa shape index (κ2) is 5.87. The number of hydrogen-bond acceptors (Lipinski definition) is 2. The first-order valence-electron chi connectivity index (χ1n) is 7.52. The Morgan fingerprint density at radius 1 is 1.20 bits per heavy atom. The Kier molecular flexibility index (Phi) is 4.55. The van der Waals surface area contributed by atoms with Gasteiger partial charge in [0.05, 0.1) is 0 Å². The molecule has 1 nitrogen and oxygen atoms in total. The molecule has 0 saturated heterocycles. The zero-order valence-corrected chi connectivity index (χ0v) is 14.4. The van der Waals surface area contributed by atoms with Crippen LogP contribution in [0.5, 0.6) is 0 Å². The number of hydrogen-bond donors (Lipinski definition) is 1. The summed E-state index contributed by atoms with van der Waals surface area (Å²) in [6.07, 6.45) is 0. The van der Waals surface area contributed by atoms with Gasteiger partial charge < -0.3 is 5.32 Å². The molecule has 0 aliphatic heterocycles. The van der Waals surface area contributed by atoms with Crippen molar-refractivity contribution in [2.75, 3.05) is 6.54 Å². The minimum Gasteiger partial charge on any atom is -0.312 e. The quantitative estimate of drug-likeness (QED) is 0.810. The van der Waals surface area contributed by atoms with Crippen molar-refractivity contribution in [1.82, 2.24) is 5.32 Å². The highest BCUT2D eigenvalue weighted by molar-refractivity contribution is 7.19. The number of rotatable bonds is 4. The summed E-state index contributed by atoms with van der Waals surface area (Å²) in [5.41, 5.74) is 3.07. The SMILES string of the molecule is Cc1ccc2sc(CNCC(C)C)c(C(C)(C)C)c2c1. The fourth-order valence-electron chi connectivity index (χ4n) is 2.68. The Labute approximate surface area is 127 Å². The molecule has 0 unspecified atom stereocenters. The minimum absolute atomic E-state index is 0.195. The fraction of sp³-hybridized carbons (Fsp3) is 0.556. The summed E-state index contributed by atoms with van der Waals surface area (Å²) in [7, 11) is 0. The summed E-state index contributed by atoms with van der Waals surface area (Å²) < 4.78 is 1.42. The van der Waals surface area contributed by atoms with Crippen LogP contribution >= 0.6 is 11.3 Å². The smallest absolute Gasteiger partial charge is 0.0349 e. The van der Waals surface area contributed by atoms with Crippen molar-refractivity contribution in [2.24, 2.45) is 5.92 Å². The first-order chi connectivity index (χ1) is 9.29. The Morgan fingerprint density at radius 2 is 1.90 bits per heavy atom. The van der Waals surface area contributed by atoms with Gasteiger partial charge in [-0.15, -0.1) is 11.3 Å². The maximum Gasteiger partial charge on any atom is 0.0349 e.